The predicted molar refractivity (Wildman–Crippen MR) is 70.8 cm³/mol. The van der Waals surface area contributed by atoms with Gasteiger partial charge in [-0.25, -0.2) is 0 Å². The van der Waals surface area contributed by atoms with Gasteiger partial charge in [-0.1, -0.05) is 0 Å². The lowest BCUT2D eigenvalue weighted by Crippen LogP contribution is -2.40. The van der Waals surface area contributed by atoms with Gasteiger partial charge in [0.05, 0.1) is 19.8 Å². The van der Waals surface area contributed by atoms with Crippen molar-refractivity contribution < 1.29 is 17.9 Å². The standard InChI is InChI=1S/C10H25N3O4S/c1-11-5-4-7-13(2)18(14,15)12-6-8-17-10-9-16-3/h11-12H,4-10H2,1-3H3. The quantitative estimate of drug-likeness (QED) is 0.450. The summed E-state index contributed by atoms with van der Waals surface area (Å²) in [5.74, 6) is 0. The van der Waals surface area contributed by atoms with Crippen LogP contribution in [0, 0.1) is 0 Å². The molecule has 7 nitrogen and oxygen atoms in total. The van der Waals surface area contributed by atoms with E-state index in [9.17, 15) is 8.42 Å². The zero-order chi connectivity index (χ0) is 13.9. The Balaban J connectivity index is 3.71. The van der Waals surface area contributed by atoms with E-state index >= 15 is 0 Å². The van der Waals surface area contributed by atoms with Gasteiger partial charge >= 0.3 is 0 Å². The topological polar surface area (TPSA) is 79.9 Å². The van der Waals surface area contributed by atoms with Gasteiger partial charge in [-0.2, -0.15) is 17.4 Å². The van der Waals surface area contributed by atoms with E-state index in [1.165, 1.54) is 4.31 Å². The van der Waals surface area contributed by atoms with Crippen LogP contribution in [0.25, 0.3) is 0 Å². The van der Waals surface area contributed by atoms with Gasteiger partial charge in [-0.05, 0) is 20.0 Å². The minimum atomic E-state index is -3.39. The van der Waals surface area contributed by atoms with E-state index in [0.717, 1.165) is 13.0 Å². The van der Waals surface area contributed by atoms with Gasteiger partial charge in [0.2, 0.25) is 0 Å². The van der Waals surface area contributed by atoms with Crippen molar-refractivity contribution in [2.75, 3.05) is 60.7 Å². The maximum Gasteiger partial charge on any atom is 0.279 e. The molecule has 0 aromatic rings. The Hall–Kier alpha value is -0.250. The first-order chi connectivity index (χ1) is 8.54. The molecule has 0 atom stereocenters. The number of methoxy groups -OCH3 is 1. The molecule has 0 aliphatic carbocycles. The summed E-state index contributed by atoms with van der Waals surface area (Å²) < 4.78 is 37.2. The van der Waals surface area contributed by atoms with Crippen molar-refractivity contribution in [2.45, 2.75) is 6.42 Å². The van der Waals surface area contributed by atoms with E-state index < -0.39 is 10.2 Å². The van der Waals surface area contributed by atoms with Crippen LogP contribution in [0.2, 0.25) is 0 Å². The van der Waals surface area contributed by atoms with E-state index in [-0.39, 0.29) is 6.54 Å². The fourth-order valence-electron chi connectivity index (χ4n) is 1.20. The summed E-state index contributed by atoms with van der Waals surface area (Å²) in [4.78, 5) is 0. The Labute approximate surface area is 110 Å². The summed E-state index contributed by atoms with van der Waals surface area (Å²) in [6.07, 6.45) is 0.776. The van der Waals surface area contributed by atoms with Crippen molar-refractivity contribution in [2.24, 2.45) is 0 Å². The first-order valence-corrected chi connectivity index (χ1v) is 7.40. The number of rotatable bonds is 12. The molecule has 8 heteroatoms. The van der Waals surface area contributed by atoms with Crippen LogP contribution in [0.1, 0.15) is 6.42 Å². The molecule has 0 aromatic carbocycles. The van der Waals surface area contributed by atoms with E-state index in [1.54, 1.807) is 14.2 Å². The minimum Gasteiger partial charge on any atom is -0.382 e. The van der Waals surface area contributed by atoms with Crippen molar-refractivity contribution in [3.05, 3.63) is 0 Å². The zero-order valence-electron chi connectivity index (χ0n) is 11.4. The smallest absolute Gasteiger partial charge is 0.279 e. The molecular weight excluding hydrogens is 258 g/mol. The van der Waals surface area contributed by atoms with Crippen LogP contribution in [0.3, 0.4) is 0 Å². The molecular formula is C10H25N3O4S. The van der Waals surface area contributed by atoms with Gasteiger partial charge in [0.1, 0.15) is 0 Å². The molecule has 0 aromatic heterocycles. The molecule has 0 unspecified atom stereocenters. The van der Waals surface area contributed by atoms with Gasteiger partial charge in [-0.3, -0.25) is 0 Å². The number of nitrogens with one attached hydrogen (secondary N) is 2. The van der Waals surface area contributed by atoms with Crippen molar-refractivity contribution in [1.82, 2.24) is 14.3 Å². The molecule has 2 N–H and O–H groups in total. The molecule has 0 spiro atoms. The van der Waals surface area contributed by atoms with Crippen LogP contribution in [0.4, 0.5) is 0 Å². The monoisotopic (exact) mass is 283 g/mol. The average molecular weight is 283 g/mol. The summed E-state index contributed by atoms with van der Waals surface area (Å²) >= 11 is 0. The number of hydrogen-bond donors (Lipinski definition) is 2. The molecule has 0 aliphatic heterocycles. The maximum absolute atomic E-state index is 11.7. The Morgan fingerprint density at radius 3 is 2.50 bits per heavy atom. The van der Waals surface area contributed by atoms with E-state index in [1.807, 2.05) is 7.05 Å². The summed E-state index contributed by atoms with van der Waals surface area (Å²) in [5, 5.41) is 2.97. The normalized spacial score (nSPS) is 12.2. The number of hydrogen-bond acceptors (Lipinski definition) is 5. The van der Waals surface area contributed by atoms with Crippen LogP contribution >= 0.6 is 0 Å². The highest BCUT2D eigenvalue weighted by Crippen LogP contribution is 1.94. The molecule has 0 radical (unpaired) electrons. The SMILES string of the molecule is CNCCCN(C)S(=O)(=O)NCCOCCOC. The highest BCUT2D eigenvalue weighted by Gasteiger charge is 2.15. The largest absolute Gasteiger partial charge is 0.382 e. The summed E-state index contributed by atoms with van der Waals surface area (Å²) in [6, 6.07) is 0. The summed E-state index contributed by atoms with van der Waals surface area (Å²) in [7, 11) is 1.60. The average Bonchev–Trinajstić information content (AvgIpc) is 2.33. The van der Waals surface area contributed by atoms with Crippen molar-refractivity contribution in [3.63, 3.8) is 0 Å². The second kappa shape index (κ2) is 10.7. The first kappa shape index (κ1) is 17.8. The van der Waals surface area contributed by atoms with E-state index in [4.69, 9.17) is 9.47 Å². The summed E-state index contributed by atoms with van der Waals surface area (Å²) in [6.45, 7) is 2.86. The first-order valence-electron chi connectivity index (χ1n) is 5.96. The van der Waals surface area contributed by atoms with Gasteiger partial charge in [0.25, 0.3) is 10.2 Å². The predicted octanol–water partition coefficient (Wildman–Crippen LogP) is -0.975. The third kappa shape index (κ3) is 8.78. The lowest BCUT2D eigenvalue weighted by atomic mass is 10.4. The molecule has 0 bridgehead atoms. The van der Waals surface area contributed by atoms with Gasteiger partial charge < -0.3 is 14.8 Å². The fraction of sp³-hybridized carbons (Fsp3) is 1.00. The van der Waals surface area contributed by atoms with Crippen LogP contribution in [0.5, 0.6) is 0 Å². The molecule has 0 rings (SSSR count). The highest BCUT2D eigenvalue weighted by molar-refractivity contribution is 7.87. The van der Waals surface area contributed by atoms with Gasteiger partial charge in [0.15, 0.2) is 0 Å². The van der Waals surface area contributed by atoms with E-state index in [2.05, 4.69) is 10.0 Å². The number of nitrogens with zero attached hydrogens (tertiary/aromatic N) is 1. The van der Waals surface area contributed by atoms with Crippen molar-refractivity contribution in [3.8, 4) is 0 Å². The Morgan fingerprint density at radius 1 is 1.17 bits per heavy atom. The molecule has 18 heavy (non-hydrogen) atoms. The second-order valence-corrected chi connectivity index (χ2v) is 5.65. The summed E-state index contributed by atoms with van der Waals surface area (Å²) in [5.41, 5.74) is 0. The van der Waals surface area contributed by atoms with Crippen LogP contribution in [0.15, 0.2) is 0 Å². The third-order valence-corrected chi connectivity index (χ3v) is 3.84. The van der Waals surface area contributed by atoms with Crippen molar-refractivity contribution >= 4 is 10.2 Å². The minimum absolute atomic E-state index is 0.266. The highest BCUT2D eigenvalue weighted by atomic mass is 32.2. The molecule has 110 valence electrons. The molecule has 0 amide bonds. The second-order valence-electron chi connectivity index (χ2n) is 3.78. The molecule has 0 aliphatic rings. The lowest BCUT2D eigenvalue weighted by molar-refractivity contribution is 0.0735. The van der Waals surface area contributed by atoms with Crippen LogP contribution < -0.4 is 10.0 Å². The molecule has 0 saturated carbocycles. The Kier molecular flexibility index (Phi) is 10.5. The Bertz CT molecular complexity index is 285. The zero-order valence-corrected chi connectivity index (χ0v) is 12.3. The van der Waals surface area contributed by atoms with Crippen molar-refractivity contribution in [1.29, 1.82) is 0 Å². The van der Waals surface area contributed by atoms with Gasteiger partial charge in [0, 0.05) is 27.2 Å². The van der Waals surface area contributed by atoms with Gasteiger partial charge in [-0.15, -0.1) is 0 Å². The molecule has 0 fully saturated rings. The van der Waals surface area contributed by atoms with Crippen LogP contribution in [-0.2, 0) is 19.7 Å². The molecule has 0 saturated heterocycles. The van der Waals surface area contributed by atoms with E-state index in [0.29, 0.717) is 26.4 Å². The van der Waals surface area contributed by atoms with Crippen LogP contribution in [-0.4, -0.2) is 73.4 Å². The molecule has 0 heterocycles. The fourth-order valence-corrected chi connectivity index (χ4v) is 2.13. The maximum atomic E-state index is 11.7. The number of ether oxygens (including phenoxy) is 2. The lowest BCUT2D eigenvalue weighted by Gasteiger charge is -2.17. The Morgan fingerprint density at radius 2 is 1.89 bits per heavy atom. The third-order valence-electron chi connectivity index (χ3n) is 2.27.